The Kier molecular flexibility index (Phi) is 4.44. The maximum Gasteiger partial charge on any atom is 0.0534 e. The maximum atomic E-state index is 4.32. The zero-order chi connectivity index (χ0) is 13.0. The highest BCUT2D eigenvalue weighted by atomic mass is 15.3. The number of aryl methyl sites for hydroxylation is 1. The van der Waals surface area contributed by atoms with Crippen molar-refractivity contribution in [1.29, 1.82) is 0 Å². The van der Waals surface area contributed by atoms with Crippen molar-refractivity contribution in [3.8, 4) is 0 Å². The summed E-state index contributed by atoms with van der Waals surface area (Å²) in [5.41, 5.74) is 1.79. The number of hydrogen-bond donors (Lipinski definition) is 1. The number of rotatable bonds is 4. The minimum absolute atomic E-state index is 0.551. The zero-order valence-electron chi connectivity index (χ0n) is 12.1. The summed E-state index contributed by atoms with van der Waals surface area (Å²) in [6.45, 7) is 8.91. The second-order valence-corrected chi connectivity index (χ2v) is 6.53. The fourth-order valence-corrected chi connectivity index (χ4v) is 2.84. The van der Waals surface area contributed by atoms with E-state index in [1.54, 1.807) is 0 Å². The maximum absolute atomic E-state index is 4.32. The van der Waals surface area contributed by atoms with Crippen LogP contribution < -0.4 is 5.32 Å². The van der Waals surface area contributed by atoms with Gasteiger partial charge in [0.15, 0.2) is 0 Å². The molecule has 0 aromatic carbocycles. The van der Waals surface area contributed by atoms with Crippen LogP contribution in [0.3, 0.4) is 0 Å². The van der Waals surface area contributed by atoms with Crippen molar-refractivity contribution in [2.45, 2.75) is 65.5 Å². The van der Waals surface area contributed by atoms with Crippen molar-refractivity contribution >= 4 is 0 Å². The smallest absolute Gasteiger partial charge is 0.0534 e. The van der Waals surface area contributed by atoms with E-state index in [1.807, 2.05) is 10.9 Å². The van der Waals surface area contributed by atoms with Gasteiger partial charge in [-0.05, 0) is 43.6 Å². The highest BCUT2D eigenvalue weighted by molar-refractivity contribution is 4.99. The van der Waals surface area contributed by atoms with Crippen molar-refractivity contribution in [2.75, 3.05) is 6.54 Å². The molecule has 0 amide bonds. The summed E-state index contributed by atoms with van der Waals surface area (Å²) in [6.07, 6.45) is 10.8. The molecule has 0 radical (unpaired) electrons. The first-order valence-corrected chi connectivity index (χ1v) is 7.28. The van der Waals surface area contributed by atoms with Gasteiger partial charge in [-0.1, -0.05) is 20.3 Å². The average molecular weight is 249 g/mol. The zero-order valence-corrected chi connectivity index (χ0v) is 12.1. The third kappa shape index (κ3) is 4.13. The Morgan fingerprint density at radius 3 is 2.94 bits per heavy atom. The van der Waals surface area contributed by atoms with Crippen LogP contribution in [-0.2, 0) is 6.54 Å². The summed E-state index contributed by atoms with van der Waals surface area (Å²) < 4.78 is 2.03. The van der Waals surface area contributed by atoms with Crippen LogP contribution in [0.5, 0.6) is 0 Å². The van der Waals surface area contributed by atoms with E-state index in [0.29, 0.717) is 11.5 Å². The molecule has 1 unspecified atom stereocenters. The lowest BCUT2D eigenvalue weighted by Crippen LogP contribution is -2.31. The monoisotopic (exact) mass is 249 g/mol. The van der Waals surface area contributed by atoms with Gasteiger partial charge in [0.05, 0.1) is 12.7 Å². The van der Waals surface area contributed by atoms with Crippen LogP contribution in [0.2, 0.25) is 0 Å². The topological polar surface area (TPSA) is 29.9 Å². The van der Waals surface area contributed by atoms with E-state index in [4.69, 9.17) is 0 Å². The minimum atomic E-state index is 0.551. The third-order valence-corrected chi connectivity index (χ3v) is 4.11. The molecule has 18 heavy (non-hydrogen) atoms. The first-order valence-electron chi connectivity index (χ1n) is 7.28. The van der Waals surface area contributed by atoms with Gasteiger partial charge < -0.3 is 5.32 Å². The molecule has 0 saturated heterocycles. The number of nitrogens with one attached hydrogen (secondary N) is 1. The highest BCUT2D eigenvalue weighted by Crippen LogP contribution is 2.33. The van der Waals surface area contributed by atoms with Crippen molar-refractivity contribution in [2.24, 2.45) is 5.41 Å². The van der Waals surface area contributed by atoms with Gasteiger partial charge in [0.1, 0.15) is 0 Å². The lowest BCUT2D eigenvalue weighted by Gasteiger charge is -2.22. The molecule has 1 N–H and O–H groups in total. The second kappa shape index (κ2) is 5.87. The van der Waals surface area contributed by atoms with E-state index >= 15 is 0 Å². The standard InChI is InChI=1S/C15H27N3/c1-13-11-17-18(12-13)10-9-16-14-5-4-7-15(2,3)8-6-14/h11-12,14,16H,4-10H2,1-3H3. The molecule has 1 fully saturated rings. The van der Waals surface area contributed by atoms with E-state index in [0.717, 1.165) is 13.1 Å². The Morgan fingerprint density at radius 2 is 2.22 bits per heavy atom. The Labute approximate surface area is 111 Å². The van der Waals surface area contributed by atoms with E-state index in [2.05, 4.69) is 37.4 Å². The molecule has 0 bridgehead atoms. The summed E-state index contributed by atoms with van der Waals surface area (Å²) in [6, 6.07) is 0.712. The summed E-state index contributed by atoms with van der Waals surface area (Å²) in [5.74, 6) is 0. The predicted molar refractivity (Wildman–Crippen MR) is 75.6 cm³/mol. The number of hydrogen-bond acceptors (Lipinski definition) is 2. The van der Waals surface area contributed by atoms with Gasteiger partial charge in [-0.25, -0.2) is 0 Å². The van der Waals surface area contributed by atoms with Crippen LogP contribution in [-0.4, -0.2) is 22.4 Å². The molecule has 1 aromatic heterocycles. The van der Waals surface area contributed by atoms with E-state index in [-0.39, 0.29) is 0 Å². The molecule has 1 aromatic rings. The minimum Gasteiger partial charge on any atom is -0.312 e. The molecule has 1 saturated carbocycles. The molecule has 0 aliphatic heterocycles. The van der Waals surface area contributed by atoms with Crippen LogP contribution in [0.4, 0.5) is 0 Å². The van der Waals surface area contributed by atoms with E-state index < -0.39 is 0 Å². The summed E-state index contributed by atoms with van der Waals surface area (Å²) in [5, 5.41) is 8.01. The lowest BCUT2D eigenvalue weighted by molar-refractivity contribution is 0.309. The average Bonchev–Trinajstić information content (AvgIpc) is 2.63. The quantitative estimate of drug-likeness (QED) is 0.831. The third-order valence-electron chi connectivity index (χ3n) is 4.11. The molecule has 102 valence electrons. The SMILES string of the molecule is Cc1cnn(CCNC2CCCC(C)(C)CC2)c1. The van der Waals surface area contributed by atoms with Gasteiger partial charge in [-0.3, -0.25) is 4.68 Å². The normalized spacial score (nSPS) is 23.8. The number of nitrogens with zero attached hydrogens (tertiary/aromatic N) is 2. The van der Waals surface area contributed by atoms with Crippen molar-refractivity contribution in [1.82, 2.24) is 15.1 Å². The van der Waals surface area contributed by atoms with Crippen LogP contribution in [0.1, 0.15) is 51.5 Å². The Morgan fingerprint density at radius 1 is 1.39 bits per heavy atom. The van der Waals surface area contributed by atoms with Gasteiger partial charge in [-0.15, -0.1) is 0 Å². The molecule has 2 rings (SSSR count). The van der Waals surface area contributed by atoms with Gasteiger partial charge in [0.2, 0.25) is 0 Å². The molecular formula is C15H27N3. The Bertz CT molecular complexity index is 368. The van der Waals surface area contributed by atoms with Gasteiger partial charge in [0.25, 0.3) is 0 Å². The Hall–Kier alpha value is -0.830. The first-order chi connectivity index (χ1) is 8.55. The highest BCUT2D eigenvalue weighted by Gasteiger charge is 2.23. The van der Waals surface area contributed by atoms with Crippen molar-refractivity contribution in [3.63, 3.8) is 0 Å². The molecule has 1 aliphatic carbocycles. The van der Waals surface area contributed by atoms with Crippen LogP contribution in [0, 0.1) is 12.3 Å². The largest absolute Gasteiger partial charge is 0.312 e. The summed E-state index contributed by atoms with van der Waals surface area (Å²) >= 11 is 0. The second-order valence-electron chi connectivity index (χ2n) is 6.53. The fourth-order valence-electron chi connectivity index (χ4n) is 2.84. The molecular weight excluding hydrogens is 222 g/mol. The van der Waals surface area contributed by atoms with E-state index in [1.165, 1.54) is 37.7 Å². The van der Waals surface area contributed by atoms with E-state index in [9.17, 15) is 0 Å². The van der Waals surface area contributed by atoms with Crippen LogP contribution in [0.15, 0.2) is 12.4 Å². The van der Waals surface area contributed by atoms with Crippen LogP contribution >= 0.6 is 0 Å². The lowest BCUT2D eigenvalue weighted by atomic mass is 9.85. The van der Waals surface area contributed by atoms with Gasteiger partial charge in [-0.2, -0.15) is 5.10 Å². The Balaban J connectivity index is 1.70. The molecule has 1 heterocycles. The fraction of sp³-hybridized carbons (Fsp3) is 0.800. The first kappa shape index (κ1) is 13.6. The van der Waals surface area contributed by atoms with Gasteiger partial charge >= 0.3 is 0 Å². The molecule has 3 heteroatoms. The molecule has 1 atom stereocenters. The predicted octanol–water partition coefficient (Wildman–Crippen LogP) is 3.14. The molecule has 0 spiro atoms. The van der Waals surface area contributed by atoms with Crippen LogP contribution in [0.25, 0.3) is 0 Å². The summed E-state index contributed by atoms with van der Waals surface area (Å²) in [4.78, 5) is 0. The van der Waals surface area contributed by atoms with Gasteiger partial charge in [0, 0.05) is 18.8 Å². The molecule has 3 nitrogen and oxygen atoms in total. The van der Waals surface area contributed by atoms with Crippen molar-refractivity contribution < 1.29 is 0 Å². The van der Waals surface area contributed by atoms with Crippen molar-refractivity contribution in [3.05, 3.63) is 18.0 Å². The molecule has 1 aliphatic rings. The summed E-state index contributed by atoms with van der Waals surface area (Å²) in [7, 11) is 0. The number of aromatic nitrogens is 2.